The first-order valence-electron chi connectivity index (χ1n) is 4.69. The third kappa shape index (κ3) is 9.27. The number of benzene rings is 2. The zero-order valence-electron chi connectivity index (χ0n) is 10.1. The molecule has 0 aliphatic carbocycles. The molecule has 0 radical (unpaired) electrons. The quantitative estimate of drug-likeness (QED) is 0.533. The second-order valence-corrected chi connectivity index (χ2v) is 4.82. The molecule has 2 N–H and O–H groups in total. The van der Waals surface area contributed by atoms with Crippen LogP contribution in [0.5, 0.6) is 11.5 Å². The standard InChI is InChI=1S/2C6H4Cl2O.2ClH.Ti/c7-4-1-2-6(9)5(8)3-4;7-4-2-1-3-5(8)6(4)9;;;/h2*1-3,9H;2*1H;/q;;;;+2/p-2. The molecule has 0 unspecified atom stereocenters. The number of aromatic hydroxyl groups is 2. The number of hydrogen-bond donors (Lipinski definition) is 2. The van der Waals surface area contributed by atoms with Crippen LogP contribution in [0.2, 0.25) is 20.1 Å². The van der Waals surface area contributed by atoms with E-state index in [-0.39, 0.29) is 73.1 Å². The van der Waals surface area contributed by atoms with E-state index in [1.54, 1.807) is 24.3 Å². The predicted molar refractivity (Wildman–Crippen MR) is 76.3 cm³/mol. The minimum atomic E-state index is -0.0548. The average molecular weight is 445 g/mol. The Balaban J connectivity index is -0.000000270. The van der Waals surface area contributed by atoms with Gasteiger partial charge in [-0.2, -0.15) is 0 Å². The monoisotopic (exact) mass is 442 g/mol. The molecule has 21 heavy (non-hydrogen) atoms. The maximum absolute atomic E-state index is 8.94. The number of halogens is 6. The Morgan fingerprint density at radius 3 is 1.52 bits per heavy atom. The van der Waals surface area contributed by atoms with Gasteiger partial charge in [0.05, 0.1) is 15.1 Å². The molecule has 9 heteroatoms. The zero-order chi connectivity index (χ0) is 13.7. The number of phenolic OH excluding ortho intramolecular Hbond substituents is 2. The third-order valence-electron chi connectivity index (χ3n) is 1.85. The molecule has 0 saturated carbocycles. The molecular formula is C12H8Cl6O2Ti. The summed E-state index contributed by atoms with van der Waals surface area (Å²) in [5.41, 5.74) is 0. The Hall–Kier alpha value is 0.494. The molecule has 0 fully saturated rings. The van der Waals surface area contributed by atoms with E-state index in [4.69, 9.17) is 56.6 Å². The maximum Gasteiger partial charge on any atom is 2.00 e. The van der Waals surface area contributed by atoms with Crippen LogP contribution in [0.3, 0.4) is 0 Å². The molecular weight excluding hydrogens is 437 g/mol. The zero-order valence-corrected chi connectivity index (χ0v) is 16.2. The van der Waals surface area contributed by atoms with Crippen molar-refractivity contribution >= 4 is 46.4 Å². The molecule has 0 spiro atoms. The van der Waals surface area contributed by atoms with Crippen molar-refractivity contribution in [3.05, 3.63) is 56.5 Å². The Morgan fingerprint density at radius 1 is 0.714 bits per heavy atom. The van der Waals surface area contributed by atoms with Gasteiger partial charge in [-0.3, -0.25) is 0 Å². The SMILES string of the molecule is Oc1c(Cl)cccc1Cl.Oc1ccc(Cl)cc1Cl.[Cl-].[Cl-].[Ti+2]. The molecule has 0 aliphatic heterocycles. The average Bonchev–Trinajstić information content (AvgIpc) is 2.32. The van der Waals surface area contributed by atoms with Crippen molar-refractivity contribution in [1.29, 1.82) is 0 Å². The van der Waals surface area contributed by atoms with Gasteiger partial charge in [-0.1, -0.05) is 52.5 Å². The smallest absolute Gasteiger partial charge is 1.00 e. The van der Waals surface area contributed by atoms with Gasteiger partial charge in [-0.25, -0.2) is 0 Å². The van der Waals surface area contributed by atoms with Crippen molar-refractivity contribution in [2.75, 3.05) is 0 Å². The summed E-state index contributed by atoms with van der Waals surface area (Å²) in [5, 5.41) is 19.2. The summed E-state index contributed by atoms with van der Waals surface area (Å²) in [6, 6.07) is 9.32. The molecule has 0 saturated heterocycles. The van der Waals surface area contributed by atoms with Crippen molar-refractivity contribution in [3.8, 4) is 11.5 Å². The van der Waals surface area contributed by atoms with Crippen LogP contribution in [0, 0.1) is 0 Å². The fourth-order valence-corrected chi connectivity index (χ4v) is 1.78. The minimum absolute atomic E-state index is 0. The number of rotatable bonds is 0. The Bertz CT molecular complexity index is 533. The summed E-state index contributed by atoms with van der Waals surface area (Å²) < 4.78 is 0. The van der Waals surface area contributed by atoms with Crippen molar-refractivity contribution in [2.45, 2.75) is 0 Å². The van der Waals surface area contributed by atoms with Crippen LogP contribution in [0.15, 0.2) is 36.4 Å². The van der Waals surface area contributed by atoms with Crippen LogP contribution < -0.4 is 24.8 Å². The summed E-state index contributed by atoms with van der Waals surface area (Å²) in [7, 11) is 0. The number of para-hydroxylation sites is 1. The molecule has 0 aromatic heterocycles. The molecule has 0 heterocycles. The van der Waals surface area contributed by atoms with Crippen molar-refractivity contribution in [3.63, 3.8) is 0 Å². The predicted octanol–water partition coefficient (Wildman–Crippen LogP) is -0.596. The van der Waals surface area contributed by atoms with Crippen molar-refractivity contribution in [1.82, 2.24) is 0 Å². The first-order valence-corrected chi connectivity index (χ1v) is 6.20. The van der Waals surface area contributed by atoms with E-state index in [1.165, 1.54) is 12.1 Å². The Labute approximate surface area is 170 Å². The minimum Gasteiger partial charge on any atom is -1.00 e. The van der Waals surface area contributed by atoms with Crippen LogP contribution in [0.25, 0.3) is 0 Å². The van der Waals surface area contributed by atoms with Crippen LogP contribution in [-0.4, -0.2) is 10.2 Å². The van der Waals surface area contributed by atoms with Crippen LogP contribution in [0.4, 0.5) is 0 Å². The first kappa shape index (κ1) is 26.4. The van der Waals surface area contributed by atoms with Gasteiger partial charge in [0.2, 0.25) is 0 Å². The van der Waals surface area contributed by atoms with Crippen LogP contribution in [-0.2, 0) is 21.7 Å². The third-order valence-corrected chi connectivity index (χ3v) is 3.00. The van der Waals surface area contributed by atoms with Gasteiger partial charge in [-0.15, -0.1) is 0 Å². The van der Waals surface area contributed by atoms with Crippen molar-refractivity contribution in [2.24, 2.45) is 0 Å². The second kappa shape index (κ2) is 13.0. The van der Waals surface area contributed by atoms with Gasteiger partial charge < -0.3 is 35.0 Å². The van der Waals surface area contributed by atoms with Gasteiger partial charge in [0.25, 0.3) is 0 Å². The Morgan fingerprint density at radius 2 is 1.19 bits per heavy atom. The molecule has 0 amide bonds. The second-order valence-electron chi connectivity index (χ2n) is 3.17. The molecule has 2 rings (SSSR count). The Kier molecular flexibility index (Phi) is 16.3. The topological polar surface area (TPSA) is 40.5 Å². The van der Waals surface area contributed by atoms with E-state index in [9.17, 15) is 0 Å². The maximum atomic E-state index is 8.94. The van der Waals surface area contributed by atoms with Crippen LogP contribution in [0.1, 0.15) is 0 Å². The van der Waals surface area contributed by atoms with E-state index in [0.29, 0.717) is 5.02 Å². The molecule has 2 aromatic rings. The van der Waals surface area contributed by atoms with Gasteiger partial charge in [0.1, 0.15) is 5.75 Å². The summed E-state index contributed by atoms with van der Waals surface area (Å²) >= 11 is 22.0. The van der Waals surface area contributed by atoms with E-state index >= 15 is 0 Å². The molecule has 0 bridgehead atoms. The van der Waals surface area contributed by atoms with E-state index in [1.807, 2.05) is 0 Å². The number of hydrogen-bond acceptors (Lipinski definition) is 2. The fourth-order valence-electron chi connectivity index (χ4n) is 0.970. The normalized spacial score (nSPS) is 8.19. The molecule has 114 valence electrons. The molecule has 0 atom stereocenters. The summed E-state index contributed by atoms with van der Waals surface area (Å²) in [4.78, 5) is 0. The van der Waals surface area contributed by atoms with Gasteiger partial charge >= 0.3 is 21.7 Å². The van der Waals surface area contributed by atoms with Crippen LogP contribution >= 0.6 is 46.4 Å². The van der Waals surface area contributed by atoms with Gasteiger partial charge in [0, 0.05) is 5.02 Å². The molecule has 0 aliphatic rings. The number of phenols is 2. The summed E-state index contributed by atoms with van der Waals surface area (Å²) in [6.07, 6.45) is 0. The summed E-state index contributed by atoms with van der Waals surface area (Å²) in [6.45, 7) is 0. The summed E-state index contributed by atoms with van der Waals surface area (Å²) in [5.74, 6) is 0.00176. The first-order chi connectivity index (χ1) is 8.41. The molecule has 2 aromatic carbocycles. The van der Waals surface area contributed by atoms with E-state index in [2.05, 4.69) is 0 Å². The van der Waals surface area contributed by atoms with E-state index < -0.39 is 0 Å². The van der Waals surface area contributed by atoms with Crippen molar-refractivity contribution < 1.29 is 56.7 Å². The largest absolute Gasteiger partial charge is 2.00 e. The molecule has 2 nitrogen and oxygen atoms in total. The van der Waals surface area contributed by atoms with Gasteiger partial charge in [-0.05, 0) is 30.3 Å². The van der Waals surface area contributed by atoms with Gasteiger partial charge in [0.15, 0.2) is 5.75 Å². The van der Waals surface area contributed by atoms with E-state index in [0.717, 1.165) is 0 Å². The fraction of sp³-hybridized carbons (Fsp3) is 0.